The molecule has 0 atom stereocenters. The van der Waals surface area contributed by atoms with E-state index in [9.17, 15) is 0 Å². The summed E-state index contributed by atoms with van der Waals surface area (Å²) in [6, 6.07) is 7.95. The number of H-pyrrole nitrogens is 1. The van der Waals surface area contributed by atoms with E-state index < -0.39 is 0 Å². The van der Waals surface area contributed by atoms with Gasteiger partial charge in [-0.25, -0.2) is 0 Å². The van der Waals surface area contributed by atoms with Gasteiger partial charge < -0.3 is 11.5 Å². The number of hydrogen-bond acceptors (Lipinski definition) is 3. The number of benzene rings is 1. The fraction of sp³-hybridized carbons (Fsp3) is 0.100. The second kappa shape index (κ2) is 3.51. The average molecular weight is 188 g/mol. The normalized spacial score (nSPS) is 10.4. The molecule has 1 aromatic carbocycles. The zero-order chi connectivity index (χ0) is 9.97. The van der Waals surface area contributed by atoms with Crippen LogP contribution in [-0.2, 0) is 6.54 Å². The van der Waals surface area contributed by atoms with Gasteiger partial charge in [-0.3, -0.25) is 5.10 Å². The molecule has 0 aliphatic heterocycles. The van der Waals surface area contributed by atoms with Crippen molar-refractivity contribution < 1.29 is 0 Å². The molecule has 5 N–H and O–H groups in total. The first-order valence-electron chi connectivity index (χ1n) is 4.39. The molecular formula is C10H12N4. The Kier molecular flexibility index (Phi) is 2.20. The molecule has 0 spiro atoms. The number of nitrogens with zero attached hydrogens (tertiary/aromatic N) is 1. The molecule has 2 aromatic rings. The monoisotopic (exact) mass is 188 g/mol. The third-order valence-electron chi connectivity index (χ3n) is 2.17. The van der Waals surface area contributed by atoms with Crippen LogP contribution in [0.3, 0.4) is 0 Å². The highest BCUT2D eigenvalue weighted by Gasteiger charge is 2.03. The van der Waals surface area contributed by atoms with Gasteiger partial charge in [-0.2, -0.15) is 5.10 Å². The summed E-state index contributed by atoms with van der Waals surface area (Å²) >= 11 is 0. The molecule has 0 bridgehead atoms. The van der Waals surface area contributed by atoms with Crippen molar-refractivity contribution in [3.05, 3.63) is 36.0 Å². The summed E-state index contributed by atoms with van der Waals surface area (Å²) in [5.41, 5.74) is 14.3. The first-order valence-corrected chi connectivity index (χ1v) is 4.39. The van der Waals surface area contributed by atoms with E-state index in [1.165, 1.54) is 0 Å². The fourth-order valence-corrected chi connectivity index (χ4v) is 1.35. The van der Waals surface area contributed by atoms with Crippen LogP contribution in [0, 0.1) is 0 Å². The van der Waals surface area contributed by atoms with Crippen molar-refractivity contribution in [2.75, 3.05) is 5.73 Å². The Bertz CT molecular complexity index is 416. The SMILES string of the molecule is NCc1ccc(-c2cn[nH]c2N)cc1. The molecule has 0 aliphatic carbocycles. The maximum absolute atomic E-state index is 5.70. The quantitative estimate of drug-likeness (QED) is 0.660. The number of nitrogen functional groups attached to an aromatic ring is 1. The van der Waals surface area contributed by atoms with Gasteiger partial charge in [-0.1, -0.05) is 24.3 Å². The van der Waals surface area contributed by atoms with Crippen LogP contribution >= 0.6 is 0 Å². The molecule has 1 aromatic heterocycles. The molecule has 0 aliphatic rings. The Morgan fingerprint density at radius 1 is 1.21 bits per heavy atom. The van der Waals surface area contributed by atoms with Crippen molar-refractivity contribution in [2.45, 2.75) is 6.54 Å². The van der Waals surface area contributed by atoms with E-state index in [2.05, 4.69) is 10.2 Å². The second-order valence-electron chi connectivity index (χ2n) is 3.10. The molecule has 0 fully saturated rings. The molecule has 2 rings (SSSR count). The summed E-state index contributed by atoms with van der Waals surface area (Å²) in [7, 11) is 0. The van der Waals surface area contributed by atoms with Crippen LogP contribution in [0.5, 0.6) is 0 Å². The first kappa shape index (κ1) is 8.77. The van der Waals surface area contributed by atoms with Crippen molar-refractivity contribution in [3.63, 3.8) is 0 Å². The Morgan fingerprint density at radius 2 is 1.93 bits per heavy atom. The van der Waals surface area contributed by atoms with Gasteiger partial charge >= 0.3 is 0 Å². The molecule has 0 radical (unpaired) electrons. The van der Waals surface area contributed by atoms with Crippen LogP contribution in [0.2, 0.25) is 0 Å². The summed E-state index contributed by atoms with van der Waals surface area (Å²) in [4.78, 5) is 0. The fourth-order valence-electron chi connectivity index (χ4n) is 1.35. The topological polar surface area (TPSA) is 80.7 Å². The lowest BCUT2D eigenvalue weighted by atomic mass is 10.1. The molecule has 0 unspecified atom stereocenters. The number of aromatic amines is 1. The van der Waals surface area contributed by atoms with Gasteiger partial charge in [0, 0.05) is 12.1 Å². The Balaban J connectivity index is 2.39. The van der Waals surface area contributed by atoms with Crippen LogP contribution in [-0.4, -0.2) is 10.2 Å². The Hall–Kier alpha value is -1.81. The largest absolute Gasteiger partial charge is 0.384 e. The first-order chi connectivity index (χ1) is 6.81. The molecule has 0 saturated carbocycles. The van der Waals surface area contributed by atoms with Gasteiger partial charge in [0.15, 0.2) is 0 Å². The lowest BCUT2D eigenvalue weighted by Gasteiger charge is -2.00. The zero-order valence-corrected chi connectivity index (χ0v) is 7.70. The molecule has 72 valence electrons. The van der Waals surface area contributed by atoms with Crippen molar-refractivity contribution >= 4 is 5.82 Å². The van der Waals surface area contributed by atoms with E-state index >= 15 is 0 Å². The number of anilines is 1. The van der Waals surface area contributed by atoms with Gasteiger partial charge in [0.1, 0.15) is 5.82 Å². The van der Waals surface area contributed by atoms with Gasteiger partial charge in [-0.15, -0.1) is 0 Å². The van der Waals surface area contributed by atoms with Crippen molar-refractivity contribution in [3.8, 4) is 11.1 Å². The van der Waals surface area contributed by atoms with Crippen LogP contribution in [0.25, 0.3) is 11.1 Å². The van der Waals surface area contributed by atoms with Gasteiger partial charge in [0.05, 0.1) is 6.20 Å². The molecule has 0 amide bonds. The van der Waals surface area contributed by atoms with E-state index in [-0.39, 0.29) is 0 Å². The molecule has 0 saturated heterocycles. The van der Waals surface area contributed by atoms with Crippen LogP contribution < -0.4 is 11.5 Å². The van der Waals surface area contributed by atoms with Crippen molar-refractivity contribution in [2.24, 2.45) is 5.73 Å². The maximum Gasteiger partial charge on any atom is 0.126 e. The highest BCUT2D eigenvalue weighted by atomic mass is 15.1. The van der Waals surface area contributed by atoms with Crippen molar-refractivity contribution in [1.29, 1.82) is 0 Å². The summed E-state index contributed by atoms with van der Waals surface area (Å²) in [6.45, 7) is 0.557. The van der Waals surface area contributed by atoms with E-state index in [4.69, 9.17) is 11.5 Å². The third-order valence-corrected chi connectivity index (χ3v) is 2.17. The third kappa shape index (κ3) is 1.47. The second-order valence-corrected chi connectivity index (χ2v) is 3.10. The minimum absolute atomic E-state index is 0.557. The van der Waals surface area contributed by atoms with Crippen LogP contribution in [0.1, 0.15) is 5.56 Å². The maximum atomic E-state index is 5.70. The van der Waals surface area contributed by atoms with E-state index in [1.807, 2.05) is 24.3 Å². The number of hydrogen-bond donors (Lipinski definition) is 3. The lowest BCUT2D eigenvalue weighted by Crippen LogP contribution is -1.95. The summed E-state index contributed by atoms with van der Waals surface area (Å²) < 4.78 is 0. The van der Waals surface area contributed by atoms with Crippen LogP contribution in [0.4, 0.5) is 5.82 Å². The minimum atomic E-state index is 0.557. The standard InChI is InChI=1S/C10H12N4/c11-5-7-1-3-8(4-2-7)9-6-13-14-10(9)12/h1-4,6H,5,11H2,(H3,12,13,14). The predicted molar refractivity (Wildman–Crippen MR) is 56.3 cm³/mol. The summed E-state index contributed by atoms with van der Waals surface area (Å²) in [5, 5.41) is 6.56. The summed E-state index contributed by atoms with van der Waals surface area (Å²) in [6.07, 6.45) is 1.72. The van der Waals surface area contributed by atoms with Gasteiger partial charge in [0.2, 0.25) is 0 Å². The highest BCUT2D eigenvalue weighted by Crippen LogP contribution is 2.23. The number of nitrogens with two attached hydrogens (primary N) is 2. The van der Waals surface area contributed by atoms with E-state index in [1.54, 1.807) is 6.20 Å². The Labute approximate surface area is 81.9 Å². The smallest absolute Gasteiger partial charge is 0.126 e. The average Bonchev–Trinajstić information content (AvgIpc) is 2.65. The van der Waals surface area contributed by atoms with Gasteiger partial charge in [0.25, 0.3) is 0 Å². The predicted octanol–water partition coefficient (Wildman–Crippen LogP) is 1.12. The Morgan fingerprint density at radius 3 is 2.43 bits per heavy atom. The van der Waals surface area contributed by atoms with Crippen LogP contribution in [0.15, 0.2) is 30.5 Å². The molecular weight excluding hydrogens is 176 g/mol. The van der Waals surface area contributed by atoms with Gasteiger partial charge in [-0.05, 0) is 11.1 Å². The molecule has 1 heterocycles. The zero-order valence-electron chi connectivity index (χ0n) is 7.70. The van der Waals surface area contributed by atoms with E-state index in [0.717, 1.165) is 16.7 Å². The van der Waals surface area contributed by atoms with Crippen molar-refractivity contribution in [1.82, 2.24) is 10.2 Å². The molecule has 14 heavy (non-hydrogen) atoms. The molecule has 4 heteroatoms. The summed E-state index contributed by atoms with van der Waals surface area (Å²) in [5.74, 6) is 0.588. The number of nitrogens with one attached hydrogen (secondary N) is 1. The highest BCUT2D eigenvalue weighted by molar-refractivity contribution is 5.72. The molecule has 4 nitrogen and oxygen atoms in total. The van der Waals surface area contributed by atoms with E-state index in [0.29, 0.717) is 12.4 Å². The number of aromatic nitrogens is 2. The number of rotatable bonds is 2. The minimum Gasteiger partial charge on any atom is -0.384 e. The lowest BCUT2D eigenvalue weighted by molar-refractivity contribution is 1.07.